The van der Waals surface area contributed by atoms with Crippen LogP contribution in [0.5, 0.6) is 0 Å². The number of ether oxygens (including phenoxy) is 4. The second-order valence-electron chi connectivity index (χ2n) is 9.51. The van der Waals surface area contributed by atoms with Crippen molar-refractivity contribution >= 4 is 29.9 Å². The summed E-state index contributed by atoms with van der Waals surface area (Å²) in [6, 6.07) is -1.76. The molecule has 11 heteroatoms. The average Bonchev–Trinajstić information content (AvgIpc) is 2.62. The van der Waals surface area contributed by atoms with E-state index >= 15 is 0 Å². The second kappa shape index (κ2) is 14.9. The van der Waals surface area contributed by atoms with Crippen molar-refractivity contribution in [2.45, 2.75) is 91.5 Å². The Balaban J connectivity index is 0. The standard InChI is InChI=1S/C12H21NO4.C11H19NO5/c1-8(2)7-9(10(14)16-6)13-11(15)17-12(3,4)5;1-7(13)6-8(9(14)16-5)12-10(15)17-11(2,3)4/h9H,1,7H2,2-6H3,(H,13,15);8H,6H2,1-5H3,(H,12,15)/t9-;8-/m00/s1. The van der Waals surface area contributed by atoms with Gasteiger partial charge in [-0.15, -0.1) is 6.58 Å². The highest BCUT2D eigenvalue weighted by molar-refractivity contribution is 5.87. The van der Waals surface area contributed by atoms with Crippen LogP contribution < -0.4 is 10.6 Å². The molecule has 196 valence electrons. The van der Waals surface area contributed by atoms with E-state index in [-0.39, 0.29) is 12.2 Å². The van der Waals surface area contributed by atoms with Crippen LogP contribution in [-0.4, -0.2) is 67.4 Å². The van der Waals surface area contributed by atoms with E-state index in [4.69, 9.17) is 9.47 Å². The molecular formula is C23H40N2O9. The molecule has 2 N–H and O–H groups in total. The number of ketones is 1. The SMILES string of the molecule is C=C(C)C[C@H](NC(=O)OC(C)(C)C)C(=O)OC.COC(=O)[C@H](CC(C)=O)NC(=O)OC(C)(C)C. The van der Waals surface area contributed by atoms with E-state index in [2.05, 4.69) is 26.7 Å². The van der Waals surface area contributed by atoms with Gasteiger partial charge in [-0.25, -0.2) is 19.2 Å². The second-order valence-corrected chi connectivity index (χ2v) is 9.51. The zero-order chi connectivity index (χ0) is 27.3. The van der Waals surface area contributed by atoms with Gasteiger partial charge >= 0.3 is 24.1 Å². The van der Waals surface area contributed by atoms with Gasteiger partial charge in [0.15, 0.2) is 0 Å². The van der Waals surface area contributed by atoms with Gasteiger partial charge in [-0.2, -0.15) is 0 Å². The van der Waals surface area contributed by atoms with Crippen molar-refractivity contribution in [3.63, 3.8) is 0 Å². The summed E-state index contributed by atoms with van der Waals surface area (Å²) in [5.41, 5.74) is -0.494. The highest BCUT2D eigenvalue weighted by Crippen LogP contribution is 2.09. The van der Waals surface area contributed by atoms with E-state index in [0.717, 1.165) is 5.57 Å². The maximum atomic E-state index is 11.5. The van der Waals surface area contributed by atoms with Gasteiger partial charge in [0.1, 0.15) is 29.1 Å². The maximum absolute atomic E-state index is 11.5. The number of carbonyl (C=O) groups excluding carboxylic acids is 5. The zero-order valence-electron chi connectivity index (χ0n) is 22.0. The quantitative estimate of drug-likeness (QED) is 0.299. The first kappa shape index (κ1) is 33.1. The minimum atomic E-state index is -1.01. The van der Waals surface area contributed by atoms with Crippen LogP contribution in [0.15, 0.2) is 12.2 Å². The molecule has 11 nitrogen and oxygen atoms in total. The molecule has 0 heterocycles. The summed E-state index contributed by atoms with van der Waals surface area (Å²) < 4.78 is 19.1. The number of alkyl carbamates (subject to hydrolysis) is 2. The Morgan fingerprint density at radius 1 is 0.706 bits per heavy atom. The predicted octanol–water partition coefficient (Wildman–Crippen LogP) is 3.05. The zero-order valence-corrected chi connectivity index (χ0v) is 22.0. The number of hydrogen-bond donors (Lipinski definition) is 2. The van der Waals surface area contributed by atoms with Crippen molar-refractivity contribution < 1.29 is 42.9 Å². The molecule has 0 fully saturated rings. The summed E-state index contributed by atoms with van der Waals surface area (Å²) in [5.74, 6) is -1.42. The van der Waals surface area contributed by atoms with Gasteiger partial charge in [-0.3, -0.25) is 4.79 Å². The Hall–Kier alpha value is -3.11. The summed E-state index contributed by atoms with van der Waals surface area (Å²) >= 11 is 0. The van der Waals surface area contributed by atoms with Gasteiger partial charge < -0.3 is 29.6 Å². The average molecular weight is 489 g/mol. The van der Waals surface area contributed by atoms with E-state index in [9.17, 15) is 24.0 Å². The van der Waals surface area contributed by atoms with Crippen molar-refractivity contribution in [3.8, 4) is 0 Å². The smallest absolute Gasteiger partial charge is 0.408 e. The lowest BCUT2D eigenvalue weighted by Crippen LogP contribution is -2.44. The van der Waals surface area contributed by atoms with Crippen LogP contribution in [0.25, 0.3) is 0 Å². The summed E-state index contributed by atoms with van der Waals surface area (Å²) in [5, 5.41) is 4.76. The molecule has 0 radical (unpaired) electrons. The fourth-order valence-electron chi connectivity index (χ4n) is 2.21. The number of esters is 2. The number of Topliss-reactive ketones (excluding diaryl/α,β-unsaturated/α-hetero) is 1. The molecule has 0 saturated carbocycles. The first-order valence-corrected chi connectivity index (χ1v) is 10.6. The molecule has 0 saturated heterocycles. The fourth-order valence-corrected chi connectivity index (χ4v) is 2.21. The number of methoxy groups -OCH3 is 2. The van der Waals surface area contributed by atoms with Crippen LogP contribution in [0, 0.1) is 0 Å². The first-order valence-electron chi connectivity index (χ1n) is 10.6. The number of amides is 2. The van der Waals surface area contributed by atoms with Crippen LogP contribution in [0.3, 0.4) is 0 Å². The van der Waals surface area contributed by atoms with E-state index in [0.29, 0.717) is 6.42 Å². The lowest BCUT2D eigenvalue weighted by Gasteiger charge is -2.22. The van der Waals surface area contributed by atoms with Crippen molar-refractivity contribution in [1.29, 1.82) is 0 Å². The van der Waals surface area contributed by atoms with Crippen molar-refractivity contribution in [2.24, 2.45) is 0 Å². The molecule has 0 rings (SSSR count). The summed E-state index contributed by atoms with van der Waals surface area (Å²) in [7, 11) is 2.46. The van der Waals surface area contributed by atoms with E-state index < -0.39 is 47.4 Å². The molecule has 34 heavy (non-hydrogen) atoms. The minimum Gasteiger partial charge on any atom is -0.467 e. The third-order valence-electron chi connectivity index (χ3n) is 3.40. The van der Waals surface area contributed by atoms with Gasteiger partial charge in [-0.1, -0.05) is 5.57 Å². The maximum Gasteiger partial charge on any atom is 0.408 e. The van der Waals surface area contributed by atoms with E-state index in [1.807, 2.05) is 0 Å². The first-order chi connectivity index (χ1) is 15.3. The van der Waals surface area contributed by atoms with Gasteiger partial charge in [0.2, 0.25) is 0 Å². The van der Waals surface area contributed by atoms with Crippen LogP contribution in [0.2, 0.25) is 0 Å². The number of carbonyl (C=O) groups is 5. The molecule has 0 aromatic rings. The Kier molecular flexibility index (Phi) is 14.5. The van der Waals surface area contributed by atoms with E-state index in [1.54, 1.807) is 48.5 Å². The van der Waals surface area contributed by atoms with E-state index in [1.165, 1.54) is 21.1 Å². The number of nitrogens with one attached hydrogen (secondary N) is 2. The molecule has 0 unspecified atom stereocenters. The van der Waals surface area contributed by atoms with Gasteiger partial charge in [-0.05, 0) is 61.8 Å². The summed E-state index contributed by atoms with van der Waals surface area (Å²) in [6.07, 6.45) is -1.19. The van der Waals surface area contributed by atoms with Gasteiger partial charge in [0.25, 0.3) is 0 Å². The van der Waals surface area contributed by atoms with Crippen molar-refractivity contribution in [2.75, 3.05) is 14.2 Å². The third kappa shape index (κ3) is 18.5. The molecule has 0 aromatic carbocycles. The molecule has 2 amide bonds. The molecule has 0 aromatic heterocycles. The molecule has 0 aliphatic carbocycles. The highest BCUT2D eigenvalue weighted by Gasteiger charge is 2.26. The summed E-state index contributed by atoms with van der Waals surface area (Å²) in [6.45, 7) is 17.1. The summed E-state index contributed by atoms with van der Waals surface area (Å²) in [4.78, 5) is 56.6. The predicted molar refractivity (Wildman–Crippen MR) is 125 cm³/mol. The van der Waals surface area contributed by atoms with Crippen LogP contribution in [0.1, 0.15) is 68.2 Å². The van der Waals surface area contributed by atoms with Crippen molar-refractivity contribution in [1.82, 2.24) is 10.6 Å². The van der Waals surface area contributed by atoms with Crippen molar-refractivity contribution in [3.05, 3.63) is 12.2 Å². The Morgan fingerprint density at radius 2 is 1.03 bits per heavy atom. The normalized spacial score (nSPS) is 12.5. The Morgan fingerprint density at radius 3 is 1.26 bits per heavy atom. The molecule has 0 bridgehead atoms. The Labute approximate surface area is 201 Å². The molecule has 0 aliphatic heterocycles. The largest absolute Gasteiger partial charge is 0.467 e. The lowest BCUT2D eigenvalue weighted by atomic mass is 10.1. The molecule has 2 atom stereocenters. The van der Waals surface area contributed by atoms with Gasteiger partial charge in [0, 0.05) is 6.42 Å². The monoisotopic (exact) mass is 488 g/mol. The van der Waals surface area contributed by atoms with Crippen LogP contribution >= 0.6 is 0 Å². The minimum absolute atomic E-state index is 0.119. The fraction of sp³-hybridized carbons (Fsp3) is 0.696. The van der Waals surface area contributed by atoms with Crippen LogP contribution in [-0.2, 0) is 33.3 Å². The number of rotatable bonds is 8. The highest BCUT2D eigenvalue weighted by atomic mass is 16.6. The third-order valence-corrected chi connectivity index (χ3v) is 3.40. The molecular weight excluding hydrogens is 448 g/mol. The lowest BCUT2D eigenvalue weighted by molar-refractivity contribution is -0.144. The molecule has 0 aliphatic rings. The van der Waals surface area contributed by atoms with Crippen LogP contribution in [0.4, 0.5) is 9.59 Å². The Bertz CT molecular complexity index is 672. The topological polar surface area (TPSA) is 146 Å². The molecule has 0 spiro atoms. The van der Waals surface area contributed by atoms with Gasteiger partial charge in [0.05, 0.1) is 14.2 Å². The number of hydrogen-bond acceptors (Lipinski definition) is 9.